The normalized spacial score (nSPS) is 12.9. The third-order valence-electron chi connectivity index (χ3n) is 2.71. The number of pyridine rings is 2. The molecule has 2 aromatic rings. The maximum Gasteiger partial charge on any atom is 0.235 e. The fourth-order valence-electron chi connectivity index (χ4n) is 1.89. The van der Waals surface area contributed by atoms with Crippen LogP contribution in [0.25, 0.3) is 11.4 Å². The summed E-state index contributed by atoms with van der Waals surface area (Å²) >= 11 is 0. The quantitative estimate of drug-likeness (QED) is 0.560. The van der Waals surface area contributed by atoms with Gasteiger partial charge in [0.25, 0.3) is 0 Å². The molecule has 0 amide bonds. The minimum absolute atomic E-state index is 0.00859. The highest BCUT2D eigenvalue weighted by atomic mass is 16.3. The number of ketones is 2. The van der Waals surface area contributed by atoms with E-state index in [-0.39, 0.29) is 16.8 Å². The van der Waals surface area contributed by atoms with Gasteiger partial charge in [0.15, 0.2) is 0 Å². The summed E-state index contributed by atoms with van der Waals surface area (Å²) in [4.78, 5) is 42.2. The maximum atomic E-state index is 11.9. The summed E-state index contributed by atoms with van der Waals surface area (Å²) in [6.45, 7) is 0. The van der Waals surface area contributed by atoms with Crippen molar-refractivity contribution in [3.05, 3.63) is 46.6 Å². The lowest BCUT2D eigenvalue weighted by Crippen LogP contribution is -2.22. The Balaban J connectivity index is 2.36. The van der Waals surface area contributed by atoms with E-state index in [1.54, 1.807) is 6.07 Å². The Hall–Kier alpha value is -2.76. The number of nitrogens with zero attached hydrogens (tertiary/aromatic N) is 3. The maximum absolute atomic E-state index is 11.9. The molecule has 0 atom stereocenters. The van der Waals surface area contributed by atoms with Crippen molar-refractivity contribution in [2.75, 3.05) is 0 Å². The van der Waals surface area contributed by atoms with Gasteiger partial charge in [-0.15, -0.1) is 4.91 Å². The molecule has 6 heteroatoms. The molecule has 0 bridgehead atoms. The van der Waals surface area contributed by atoms with Crippen molar-refractivity contribution in [2.45, 2.75) is 0 Å². The molecule has 0 saturated heterocycles. The summed E-state index contributed by atoms with van der Waals surface area (Å²) < 4.78 is 0. The van der Waals surface area contributed by atoms with Crippen LogP contribution in [-0.2, 0) is 0 Å². The number of nitroso groups, excluding NO2 is 1. The molecule has 3 rings (SSSR count). The van der Waals surface area contributed by atoms with Crippen molar-refractivity contribution in [1.82, 2.24) is 9.97 Å². The molecule has 0 unspecified atom stereocenters. The fourth-order valence-corrected chi connectivity index (χ4v) is 1.89. The minimum Gasteiger partial charge on any atom is -0.285 e. The molecule has 2 heterocycles. The number of hydrogen-bond acceptors (Lipinski definition) is 6. The Morgan fingerprint density at radius 2 is 1.72 bits per heavy atom. The monoisotopic (exact) mass is 239 g/mol. The van der Waals surface area contributed by atoms with Gasteiger partial charge in [0.2, 0.25) is 11.6 Å². The third kappa shape index (κ3) is 1.29. The van der Waals surface area contributed by atoms with Gasteiger partial charge >= 0.3 is 0 Å². The van der Waals surface area contributed by atoms with E-state index in [1.165, 1.54) is 24.5 Å². The van der Waals surface area contributed by atoms with E-state index in [2.05, 4.69) is 15.1 Å². The van der Waals surface area contributed by atoms with Gasteiger partial charge < -0.3 is 0 Å². The van der Waals surface area contributed by atoms with E-state index in [0.717, 1.165) is 0 Å². The molecule has 2 aromatic heterocycles. The second kappa shape index (κ2) is 3.63. The lowest BCUT2D eigenvalue weighted by atomic mass is 9.90. The van der Waals surface area contributed by atoms with Gasteiger partial charge in [0.05, 0.1) is 17.3 Å². The average molecular weight is 239 g/mol. The summed E-state index contributed by atoms with van der Waals surface area (Å²) in [6, 6.07) is 4.36. The minimum atomic E-state index is -0.691. The van der Waals surface area contributed by atoms with Crippen LogP contribution in [0.5, 0.6) is 0 Å². The molecular formula is C12H5N3O3. The van der Waals surface area contributed by atoms with Crippen molar-refractivity contribution >= 4 is 17.3 Å². The molecular weight excluding hydrogens is 234 g/mol. The molecule has 0 aliphatic heterocycles. The van der Waals surface area contributed by atoms with Gasteiger partial charge in [-0.3, -0.25) is 19.6 Å². The average Bonchev–Trinajstić information content (AvgIpc) is 2.44. The van der Waals surface area contributed by atoms with Crippen LogP contribution in [0.2, 0.25) is 0 Å². The first-order chi connectivity index (χ1) is 8.72. The molecule has 0 saturated carbocycles. The smallest absolute Gasteiger partial charge is 0.235 e. The van der Waals surface area contributed by atoms with Gasteiger partial charge in [-0.05, 0) is 23.4 Å². The molecule has 0 spiro atoms. The number of Topliss-reactive ketones (excluding diaryl/α,β-unsaturated/α-hetero) is 2. The van der Waals surface area contributed by atoms with Crippen molar-refractivity contribution < 1.29 is 9.59 Å². The summed E-state index contributed by atoms with van der Waals surface area (Å²) in [5.74, 6) is -1.33. The van der Waals surface area contributed by atoms with Gasteiger partial charge in [0.1, 0.15) is 17.1 Å². The predicted octanol–water partition coefficient (Wildman–Crippen LogP) is 1.92. The van der Waals surface area contributed by atoms with E-state index in [0.29, 0.717) is 11.4 Å². The highest BCUT2D eigenvalue weighted by Crippen LogP contribution is 2.31. The van der Waals surface area contributed by atoms with Crippen molar-refractivity contribution in [2.24, 2.45) is 5.18 Å². The van der Waals surface area contributed by atoms with E-state index in [1.807, 2.05) is 0 Å². The molecule has 6 nitrogen and oxygen atoms in total. The van der Waals surface area contributed by atoms with Crippen LogP contribution < -0.4 is 0 Å². The van der Waals surface area contributed by atoms with E-state index in [9.17, 15) is 14.5 Å². The van der Waals surface area contributed by atoms with E-state index >= 15 is 0 Å². The van der Waals surface area contributed by atoms with E-state index in [4.69, 9.17) is 0 Å². The molecule has 86 valence electrons. The van der Waals surface area contributed by atoms with Gasteiger partial charge in [-0.2, -0.15) is 0 Å². The second-order valence-corrected chi connectivity index (χ2v) is 3.74. The topological polar surface area (TPSA) is 89.4 Å². The Labute approximate surface area is 101 Å². The summed E-state index contributed by atoms with van der Waals surface area (Å²) in [5.41, 5.74) is 0.976. The van der Waals surface area contributed by atoms with Crippen LogP contribution in [0.1, 0.15) is 20.7 Å². The summed E-state index contributed by atoms with van der Waals surface area (Å²) in [7, 11) is 0. The van der Waals surface area contributed by atoms with E-state index < -0.39 is 11.6 Å². The molecule has 1 aliphatic rings. The lowest BCUT2D eigenvalue weighted by Gasteiger charge is -2.15. The zero-order valence-electron chi connectivity index (χ0n) is 8.95. The van der Waals surface area contributed by atoms with Crippen LogP contribution in [0.3, 0.4) is 0 Å². The standard InChI is InChI=1S/C12H5N3O3/c16-11-7-2-1-3-13-9(7)10-8(12(11)17)4-6(15-18)5-14-10/h1-5H. The Morgan fingerprint density at radius 1 is 1.00 bits per heavy atom. The summed E-state index contributed by atoms with van der Waals surface area (Å²) in [6.07, 6.45) is 2.76. The third-order valence-corrected chi connectivity index (χ3v) is 2.71. The molecule has 0 N–H and O–H groups in total. The van der Waals surface area contributed by atoms with Gasteiger partial charge in [0, 0.05) is 6.20 Å². The number of carbonyl (C=O) groups is 2. The molecule has 0 radical (unpaired) electrons. The van der Waals surface area contributed by atoms with Crippen LogP contribution in [0, 0.1) is 4.91 Å². The Morgan fingerprint density at radius 3 is 2.50 bits per heavy atom. The second-order valence-electron chi connectivity index (χ2n) is 3.74. The van der Waals surface area contributed by atoms with Crippen molar-refractivity contribution in [3.63, 3.8) is 0 Å². The van der Waals surface area contributed by atoms with Crippen molar-refractivity contribution in [3.8, 4) is 11.4 Å². The zero-order chi connectivity index (χ0) is 12.7. The SMILES string of the molecule is O=Nc1cnc2c(c1)C(=O)C(=O)c1cccnc1-2. The number of hydrogen-bond donors (Lipinski definition) is 0. The highest BCUT2D eigenvalue weighted by Gasteiger charge is 2.32. The molecule has 0 fully saturated rings. The first kappa shape index (κ1) is 10.4. The van der Waals surface area contributed by atoms with Gasteiger partial charge in [-0.1, -0.05) is 0 Å². The van der Waals surface area contributed by atoms with Crippen molar-refractivity contribution in [1.29, 1.82) is 0 Å². The fraction of sp³-hybridized carbons (Fsp3) is 0. The Bertz CT molecular complexity index is 709. The first-order valence-corrected chi connectivity index (χ1v) is 5.10. The molecule has 1 aliphatic carbocycles. The number of aromatic nitrogens is 2. The first-order valence-electron chi connectivity index (χ1n) is 5.10. The zero-order valence-corrected chi connectivity index (χ0v) is 8.95. The Kier molecular flexibility index (Phi) is 2.09. The van der Waals surface area contributed by atoms with Crippen LogP contribution in [-0.4, -0.2) is 21.5 Å². The number of rotatable bonds is 1. The largest absolute Gasteiger partial charge is 0.285 e. The number of carbonyl (C=O) groups excluding carboxylic acids is 2. The van der Waals surface area contributed by atoms with Crippen LogP contribution in [0.4, 0.5) is 5.69 Å². The molecule has 0 aromatic carbocycles. The number of fused-ring (bicyclic) bond motifs is 3. The predicted molar refractivity (Wildman–Crippen MR) is 61.6 cm³/mol. The van der Waals surface area contributed by atoms with Gasteiger partial charge in [-0.25, -0.2) is 0 Å². The lowest BCUT2D eigenvalue weighted by molar-refractivity contribution is 0.0814. The van der Waals surface area contributed by atoms with Crippen LogP contribution >= 0.6 is 0 Å². The highest BCUT2D eigenvalue weighted by molar-refractivity contribution is 6.52. The van der Waals surface area contributed by atoms with Crippen LogP contribution in [0.15, 0.2) is 35.8 Å². The summed E-state index contributed by atoms with van der Waals surface area (Å²) in [5, 5.41) is 2.70. The molecule has 18 heavy (non-hydrogen) atoms.